The monoisotopic (exact) mass is 300 g/mol. The molecule has 0 aliphatic carbocycles. The fourth-order valence-electron chi connectivity index (χ4n) is 1.80. The predicted molar refractivity (Wildman–Crippen MR) is 96.1 cm³/mol. The standard InChI is InChI=1S/C14H11NS.C2H7N.C2H6/c1-10-6-2-3-7-11(10)14-15-12-8-4-5-9-13(12)16-14;1-3-2;1-2/h2-9H,1H3;3H,1-2H3;1-2H3. The molecule has 0 fully saturated rings. The minimum Gasteiger partial charge on any atom is -0.323 e. The third-order valence-electron chi connectivity index (χ3n) is 2.67. The first-order valence-electron chi connectivity index (χ1n) is 7.26. The molecule has 3 rings (SSSR count). The molecule has 0 amide bonds. The molecule has 2 nitrogen and oxygen atoms in total. The van der Waals surface area contributed by atoms with E-state index in [2.05, 4.69) is 59.7 Å². The lowest BCUT2D eigenvalue weighted by Crippen LogP contribution is -1.89. The van der Waals surface area contributed by atoms with Gasteiger partial charge < -0.3 is 5.32 Å². The van der Waals surface area contributed by atoms with Gasteiger partial charge in [-0.05, 0) is 38.7 Å². The highest BCUT2D eigenvalue weighted by atomic mass is 32.1. The first-order valence-corrected chi connectivity index (χ1v) is 8.08. The van der Waals surface area contributed by atoms with E-state index in [9.17, 15) is 0 Å². The lowest BCUT2D eigenvalue weighted by Gasteiger charge is -1.99. The van der Waals surface area contributed by atoms with Crippen molar-refractivity contribution in [3.63, 3.8) is 0 Å². The summed E-state index contributed by atoms with van der Waals surface area (Å²) in [5.41, 5.74) is 3.61. The molecule has 1 N–H and O–H groups in total. The molecule has 3 aromatic rings. The SMILES string of the molecule is CC.CNC.Cc1ccccc1-c1nc2ccccc2s1. The maximum Gasteiger partial charge on any atom is 0.124 e. The molecule has 1 heterocycles. The number of aryl methyl sites for hydroxylation is 1. The van der Waals surface area contributed by atoms with Gasteiger partial charge >= 0.3 is 0 Å². The average molecular weight is 300 g/mol. The van der Waals surface area contributed by atoms with E-state index in [1.807, 2.05) is 34.0 Å². The first kappa shape index (κ1) is 17.3. The lowest BCUT2D eigenvalue weighted by molar-refractivity contribution is 1.02. The van der Waals surface area contributed by atoms with Crippen LogP contribution >= 0.6 is 11.3 Å². The summed E-state index contributed by atoms with van der Waals surface area (Å²) in [6, 6.07) is 16.7. The Morgan fingerprint density at radius 2 is 1.48 bits per heavy atom. The second kappa shape index (κ2) is 9.27. The maximum atomic E-state index is 4.66. The molecule has 0 aliphatic rings. The summed E-state index contributed by atoms with van der Waals surface area (Å²) in [5, 5.41) is 3.86. The van der Waals surface area contributed by atoms with Gasteiger partial charge in [-0.3, -0.25) is 0 Å². The summed E-state index contributed by atoms with van der Waals surface area (Å²) in [5.74, 6) is 0. The molecule has 0 radical (unpaired) electrons. The van der Waals surface area contributed by atoms with Crippen LogP contribution in [0.3, 0.4) is 0 Å². The lowest BCUT2D eigenvalue weighted by atomic mass is 10.1. The Hall–Kier alpha value is -1.71. The molecule has 3 heteroatoms. The number of para-hydroxylation sites is 1. The van der Waals surface area contributed by atoms with Gasteiger partial charge in [0.15, 0.2) is 0 Å². The number of hydrogen-bond donors (Lipinski definition) is 1. The van der Waals surface area contributed by atoms with Gasteiger partial charge in [-0.15, -0.1) is 11.3 Å². The van der Waals surface area contributed by atoms with E-state index in [-0.39, 0.29) is 0 Å². The van der Waals surface area contributed by atoms with Crippen LogP contribution in [-0.2, 0) is 0 Å². The number of nitrogens with zero attached hydrogens (tertiary/aromatic N) is 1. The summed E-state index contributed by atoms with van der Waals surface area (Å²) in [6.45, 7) is 6.13. The van der Waals surface area contributed by atoms with E-state index < -0.39 is 0 Å². The molecule has 21 heavy (non-hydrogen) atoms. The average Bonchev–Trinajstić information content (AvgIpc) is 2.94. The highest BCUT2D eigenvalue weighted by Gasteiger charge is 2.06. The number of thiazole rings is 1. The number of fused-ring (bicyclic) bond motifs is 1. The van der Waals surface area contributed by atoms with E-state index in [4.69, 9.17) is 0 Å². The molecular weight excluding hydrogens is 276 g/mol. The largest absolute Gasteiger partial charge is 0.323 e. The van der Waals surface area contributed by atoms with Crippen LogP contribution in [0.5, 0.6) is 0 Å². The van der Waals surface area contributed by atoms with Crippen molar-refractivity contribution in [2.45, 2.75) is 20.8 Å². The summed E-state index contributed by atoms with van der Waals surface area (Å²) in [7, 11) is 3.75. The topological polar surface area (TPSA) is 24.9 Å². The molecule has 0 aliphatic heterocycles. The van der Waals surface area contributed by atoms with Gasteiger partial charge in [0.05, 0.1) is 10.2 Å². The molecule has 0 saturated heterocycles. The van der Waals surface area contributed by atoms with Crippen LogP contribution in [0.2, 0.25) is 0 Å². The van der Waals surface area contributed by atoms with E-state index in [1.54, 1.807) is 11.3 Å². The number of benzene rings is 2. The van der Waals surface area contributed by atoms with Gasteiger partial charge in [-0.25, -0.2) is 4.98 Å². The minimum atomic E-state index is 1.09. The normalized spacial score (nSPS) is 9.38. The van der Waals surface area contributed by atoms with Gasteiger partial charge in [0.25, 0.3) is 0 Å². The van der Waals surface area contributed by atoms with Crippen molar-refractivity contribution in [3.8, 4) is 10.6 Å². The zero-order valence-corrected chi connectivity index (χ0v) is 14.3. The smallest absolute Gasteiger partial charge is 0.124 e. The van der Waals surface area contributed by atoms with Crippen LogP contribution in [0, 0.1) is 6.92 Å². The van der Waals surface area contributed by atoms with Crippen LogP contribution < -0.4 is 5.32 Å². The second-order valence-electron chi connectivity index (χ2n) is 4.30. The molecule has 2 aromatic carbocycles. The van der Waals surface area contributed by atoms with Crippen LogP contribution in [0.25, 0.3) is 20.8 Å². The van der Waals surface area contributed by atoms with Crippen molar-refractivity contribution in [1.29, 1.82) is 0 Å². The van der Waals surface area contributed by atoms with Crippen LogP contribution in [0.4, 0.5) is 0 Å². The number of nitrogens with one attached hydrogen (secondary N) is 1. The highest BCUT2D eigenvalue weighted by molar-refractivity contribution is 7.21. The van der Waals surface area contributed by atoms with Crippen LogP contribution in [0.15, 0.2) is 48.5 Å². The van der Waals surface area contributed by atoms with Crippen molar-refractivity contribution < 1.29 is 0 Å². The molecule has 1 aromatic heterocycles. The Morgan fingerprint density at radius 3 is 2.10 bits per heavy atom. The van der Waals surface area contributed by atoms with Crippen molar-refractivity contribution in [3.05, 3.63) is 54.1 Å². The molecule has 0 saturated carbocycles. The van der Waals surface area contributed by atoms with Crippen LogP contribution in [0.1, 0.15) is 19.4 Å². The quantitative estimate of drug-likeness (QED) is 0.673. The van der Waals surface area contributed by atoms with E-state index in [1.165, 1.54) is 15.8 Å². The van der Waals surface area contributed by atoms with E-state index in [0.29, 0.717) is 0 Å². The molecule has 0 atom stereocenters. The third kappa shape index (κ3) is 4.66. The van der Waals surface area contributed by atoms with E-state index in [0.717, 1.165) is 10.5 Å². The van der Waals surface area contributed by atoms with Gasteiger partial charge in [-0.1, -0.05) is 50.2 Å². The number of hydrogen-bond acceptors (Lipinski definition) is 3. The maximum absolute atomic E-state index is 4.66. The molecule has 0 spiro atoms. The second-order valence-corrected chi connectivity index (χ2v) is 5.33. The zero-order valence-electron chi connectivity index (χ0n) is 13.5. The predicted octanol–water partition coefficient (Wildman–Crippen LogP) is 5.13. The fraction of sp³-hybridized carbons (Fsp3) is 0.278. The van der Waals surface area contributed by atoms with Crippen molar-refractivity contribution in [2.24, 2.45) is 0 Å². The Labute approximate surface area is 131 Å². The van der Waals surface area contributed by atoms with Gasteiger partial charge in [-0.2, -0.15) is 0 Å². The summed E-state index contributed by atoms with van der Waals surface area (Å²) in [4.78, 5) is 4.66. The Morgan fingerprint density at radius 1 is 0.905 bits per heavy atom. The van der Waals surface area contributed by atoms with Crippen molar-refractivity contribution in [1.82, 2.24) is 10.3 Å². The number of aromatic nitrogens is 1. The number of rotatable bonds is 1. The molecule has 0 unspecified atom stereocenters. The summed E-state index contributed by atoms with van der Waals surface area (Å²) >= 11 is 1.75. The van der Waals surface area contributed by atoms with E-state index >= 15 is 0 Å². The summed E-state index contributed by atoms with van der Waals surface area (Å²) < 4.78 is 1.25. The first-order chi connectivity index (χ1) is 10.3. The Kier molecular flexibility index (Phi) is 7.65. The zero-order chi connectivity index (χ0) is 15.7. The molecule has 112 valence electrons. The molecular formula is C18H24N2S. The van der Waals surface area contributed by atoms with Crippen molar-refractivity contribution in [2.75, 3.05) is 14.1 Å². The fourth-order valence-corrected chi connectivity index (χ4v) is 2.86. The summed E-state index contributed by atoms with van der Waals surface area (Å²) in [6.07, 6.45) is 0. The highest BCUT2D eigenvalue weighted by Crippen LogP contribution is 2.31. The molecule has 0 bridgehead atoms. The Balaban J connectivity index is 0.000000395. The Bertz CT molecular complexity index is 626. The van der Waals surface area contributed by atoms with Gasteiger partial charge in [0.2, 0.25) is 0 Å². The van der Waals surface area contributed by atoms with Crippen LogP contribution in [-0.4, -0.2) is 19.1 Å². The van der Waals surface area contributed by atoms with Gasteiger partial charge in [0.1, 0.15) is 5.01 Å². The minimum absolute atomic E-state index is 1.09. The van der Waals surface area contributed by atoms with Crippen molar-refractivity contribution >= 4 is 21.6 Å². The third-order valence-corrected chi connectivity index (χ3v) is 3.74. The van der Waals surface area contributed by atoms with Gasteiger partial charge in [0, 0.05) is 5.56 Å².